The molecular weight excluding hydrogens is 370 g/mol. The Bertz CT molecular complexity index is 342. The van der Waals surface area contributed by atoms with Gasteiger partial charge in [-0.05, 0) is 0 Å². The molecule has 0 aromatic carbocycles. The minimum absolute atomic E-state index is 0. The van der Waals surface area contributed by atoms with Gasteiger partial charge in [-0.2, -0.15) is 0 Å². The topological polar surface area (TPSA) is 74.6 Å². The molecular formula is C23H46LiNaO4. The van der Waals surface area contributed by atoms with Crippen molar-refractivity contribution in [1.82, 2.24) is 0 Å². The number of aliphatic carboxylic acids is 2. The molecule has 1 atom stereocenters. The Morgan fingerprint density at radius 3 is 1.24 bits per heavy atom. The van der Waals surface area contributed by atoms with Crippen molar-refractivity contribution in [3.05, 3.63) is 0 Å². The average Bonchev–Trinajstić information content (AvgIpc) is 2.64. The molecule has 0 saturated heterocycles. The third-order valence-corrected chi connectivity index (χ3v) is 5.31. The molecule has 0 aliphatic carbocycles. The number of hydrogen-bond acceptors (Lipinski definition) is 2. The fourth-order valence-electron chi connectivity index (χ4n) is 3.46. The van der Waals surface area contributed by atoms with Gasteiger partial charge in [-0.1, -0.05) is 13.3 Å². The molecule has 1 unspecified atom stereocenters. The normalized spacial score (nSPS) is 11.2. The third kappa shape index (κ3) is 33.4. The fraction of sp³-hybridized carbons (Fsp3) is 0.913. The Labute approximate surface area is 211 Å². The second kappa shape index (κ2) is 28.5. The molecule has 0 radical (unpaired) electrons. The van der Waals surface area contributed by atoms with Crippen LogP contribution < -0.4 is 0 Å². The first-order chi connectivity index (χ1) is 13.5. The van der Waals surface area contributed by atoms with Crippen LogP contribution in [0.15, 0.2) is 0 Å². The fourth-order valence-corrected chi connectivity index (χ4v) is 3.46. The third-order valence-electron chi connectivity index (χ3n) is 5.31. The predicted octanol–water partition coefficient (Wildman–Crippen LogP) is 6.37. The number of carbonyl (C=O) groups is 2. The van der Waals surface area contributed by atoms with E-state index in [0.29, 0.717) is 0 Å². The predicted molar refractivity (Wildman–Crippen MR) is 126 cm³/mol. The van der Waals surface area contributed by atoms with Gasteiger partial charge in [0.1, 0.15) is 6.42 Å². The summed E-state index contributed by atoms with van der Waals surface area (Å²) in [5.41, 5.74) is 0. The van der Waals surface area contributed by atoms with Crippen LogP contribution in [-0.4, -0.2) is 69.4 Å². The van der Waals surface area contributed by atoms with Crippen LogP contribution in [-0.2, 0) is 9.59 Å². The summed E-state index contributed by atoms with van der Waals surface area (Å²) in [5.74, 6) is -1.60. The molecule has 0 aliphatic heterocycles. The number of rotatable bonds is 19. The zero-order chi connectivity index (χ0) is 21.5. The van der Waals surface area contributed by atoms with Crippen molar-refractivity contribution in [2.24, 2.45) is 5.92 Å². The van der Waals surface area contributed by atoms with Gasteiger partial charge in [-0.25, -0.2) is 0 Å². The van der Waals surface area contributed by atoms with Gasteiger partial charge in [0, 0.05) is 0 Å². The van der Waals surface area contributed by atoms with Crippen LogP contribution in [0.25, 0.3) is 0 Å². The summed E-state index contributed by atoms with van der Waals surface area (Å²) in [4.78, 5) is 18.9. The average molecular weight is 417 g/mol. The molecule has 0 heterocycles. The van der Waals surface area contributed by atoms with Crippen LogP contribution in [0.3, 0.4) is 0 Å². The molecule has 29 heavy (non-hydrogen) atoms. The van der Waals surface area contributed by atoms with Gasteiger partial charge in [0.2, 0.25) is 0 Å². The molecule has 0 aromatic rings. The Kier molecular flexibility index (Phi) is 33.6. The minimum atomic E-state index is -1.31. The Hall–Kier alpha value is 0.537. The van der Waals surface area contributed by atoms with Crippen LogP contribution in [0.5, 0.6) is 0 Å². The number of carboxylic acid groups (broad SMARTS) is 2. The quantitative estimate of drug-likeness (QED) is 0.146. The molecule has 0 bridgehead atoms. The van der Waals surface area contributed by atoms with E-state index >= 15 is 0 Å². The summed E-state index contributed by atoms with van der Waals surface area (Å²) in [6.45, 7) is 4.61. The number of carboxylic acids is 2. The molecule has 164 valence electrons. The van der Waals surface area contributed by atoms with Crippen molar-refractivity contribution >= 4 is 59.2 Å². The molecule has 0 aliphatic rings. The first kappa shape index (κ1) is 34.2. The van der Waals surface area contributed by atoms with E-state index in [1.54, 1.807) is 0 Å². The Balaban J connectivity index is -0.000000721. The summed E-state index contributed by atoms with van der Waals surface area (Å²) in [6, 6.07) is 0. The standard InChI is InChI=1S/C20H41.C3H4O4.Li.Na.H/c1-4-6-8-10-11-12-13-14-15-17-19-20(3)18-16-9-7-5-2;4-2(5)1-3(6)7;;;/h20H,3-19H2,1-2H3;1H2,(H,4,5)(H,6,7);;;. The van der Waals surface area contributed by atoms with E-state index in [1.165, 1.54) is 108 Å². The summed E-state index contributed by atoms with van der Waals surface area (Å²) in [7, 11) is 0. The van der Waals surface area contributed by atoms with E-state index in [0.717, 1.165) is 5.92 Å². The van der Waals surface area contributed by atoms with Gasteiger partial charge in [0.25, 0.3) is 0 Å². The van der Waals surface area contributed by atoms with Crippen LogP contribution in [0.1, 0.15) is 123 Å². The summed E-state index contributed by atoms with van der Waals surface area (Å²) in [6.07, 6.45) is 22.6. The van der Waals surface area contributed by atoms with E-state index < -0.39 is 18.4 Å². The summed E-state index contributed by atoms with van der Waals surface area (Å²) in [5, 5.41) is 16.8. The second-order valence-corrected chi connectivity index (χ2v) is 8.06. The molecule has 4 nitrogen and oxygen atoms in total. The van der Waals surface area contributed by atoms with Crippen molar-refractivity contribution in [2.45, 2.75) is 128 Å². The van der Waals surface area contributed by atoms with Crippen molar-refractivity contribution in [3.8, 4) is 0 Å². The van der Waals surface area contributed by atoms with E-state index in [1.807, 2.05) is 0 Å². The Morgan fingerprint density at radius 2 is 0.966 bits per heavy atom. The summed E-state index contributed by atoms with van der Waals surface area (Å²) >= 11 is 2.39. The van der Waals surface area contributed by atoms with Gasteiger partial charge < -0.3 is 10.2 Å². The van der Waals surface area contributed by atoms with Gasteiger partial charge >= 0.3 is 173 Å². The SMILES string of the molecule is O=C(O)CC(=O)O.[Li][CH2]C(CCCCCC)CCCCCCCCCCCC.[NaH]. The van der Waals surface area contributed by atoms with Crippen LogP contribution >= 0.6 is 0 Å². The van der Waals surface area contributed by atoms with Gasteiger partial charge in [0.15, 0.2) is 0 Å². The Morgan fingerprint density at radius 1 is 0.655 bits per heavy atom. The first-order valence-electron chi connectivity index (χ1n) is 11.9. The van der Waals surface area contributed by atoms with E-state index in [-0.39, 0.29) is 29.6 Å². The zero-order valence-electron chi connectivity index (χ0n) is 19.0. The molecule has 6 heteroatoms. The van der Waals surface area contributed by atoms with Crippen LogP contribution in [0, 0.1) is 5.92 Å². The van der Waals surface area contributed by atoms with Gasteiger partial charge in [-0.15, -0.1) is 0 Å². The zero-order valence-corrected chi connectivity index (χ0v) is 19.0. The molecule has 0 saturated carbocycles. The van der Waals surface area contributed by atoms with Gasteiger partial charge in [0.05, 0.1) is 0 Å². The van der Waals surface area contributed by atoms with Crippen LogP contribution in [0.2, 0.25) is 5.09 Å². The van der Waals surface area contributed by atoms with Crippen molar-refractivity contribution < 1.29 is 19.8 Å². The van der Waals surface area contributed by atoms with Crippen molar-refractivity contribution in [2.75, 3.05) is 0 Å². The maximum absolute atomic E-state index is 9.43. The molecule has 0 aromatic heterocycles. The van der Waals surface area contributed by atoms with Crippen molar-refractivity contribution in [1.29, 1.82) is 0 Å². The van der Waals surface area contributed by atoms with Crippen molar-refractivity contribution in [3.63, 3.8) is 0 Å². The second-order valence-electron chi connectivity index (χ2n) is 8.06. The van der Waals surface area contributed by atoms with E-state index in [2.05, 4.69) is 31.6 Å². The van der Waals surface area contributed by atoms with Gasteiger partial charge in [-0.3, -0.25) is 9.59 Å². The molecule has 0 spiro atoms. The number of hydrogen-bond donors (Lipinski definition) is 2. The molecule has 0 amide bonds. The van der Waals surface area contributed by atoms with Crippen LogP contribution in [0.4, 0.5) is 0 Å². The van der Waals surface area contributed by atoms with E-state index in [9.17, 15) is 9.59 Å². The maximum atomic E-state index is 9.43. The first-order valence-corrected chi connectivity index (χ1v) is 11.9. The summed E-state index contributed by atoms with van der Waals surface area (Å²) < 4.78 is 0. The molecule has 0 fully saturated rings. The monoisotopic (exact) mass is 416 g/mol. The molecule has 2 N–H and O–H groups in total. The molecule has 0 rings (SSSR count). The van der Waals surface area contributed by atoms with E-state index in [4.69, 9.17) is 10.2 Å². The number of unbranched alkanes of at least 4 members (excludes halogenated alkanes) is 12.